The Hall–Kier alpha value is -0.480. The molecular weight excluding hydrogens is 274 g/mol. The second-order valence-electron chi connectivity index (χ2n) is 3.46. The van der Waals surface area contributed by atoms with Crippen LogP contribution in [0, 0.1) is 0 Å². The standard InChI is InChI=1S/C11H12BrNOS/c1-2-5-13-10-6-8(12)3-4-9(10)11(14)7-15-13/h3-4,6H,2,5,7H2,1H3. The third-order valence-corrected chi connectivity index (χ3v) is 3.88. The molecule has 1 heterocycles. The Labute approximate surface area is 102 Å². The average Bonchev–Trinajstić information content (AvgIpc) is 2.22. The first kappa shape index (κ1) is 11.0. The van der Waals surface area contributed by atoms with E-state index in [-0.39, 0.29) is 5.78 Å². The van der Waals surface area contributed by atoms with E-state index in [2.05, 4.69) is 27.2 Å². The van der Waals surface area contributed by atoms with Gasteiger partial charge in [-0.25, -0.2) is 0 Å². The largest absolute Gasteiger partial charge is 0.315 e. The summed E-state index contributed by atoms with van der Waals surface area (Å²) in [5.41, 5.74) is 1.90. The number of carbonyl (C=O) groups is 1. The number of fused-ring (bicyclic) bond motifs is 1. The van der Waals surface area contributed by atoms with Gasteiger partial charge in [-0.15, -0.1) is 0 Å². The van der Waals surface area contributed by atoms with Crippen molar-refractivity contribution < 1.29 is 4.79 Å². The van der Waals surface area contributed by atoms with Crippen molar-refractivity contribution in [1.29, 1.82) is 0 Å². The van der Waals surface area contributed by atoms with Crippen molar-refractivity contribution in [2.75, 3.05) is 16.6 Å². The highest BCUT2D eigenvalue weighted by atomic mass is 79.9. The summed E-state index contributed by atoms with van der Waals surface area (Å²) in [6.45, 7) is 3.13. The molecule has 0 radical (unpaired) electrons. The van der Waals surface area contributed by atoms with Crippen LogP contribution in [0.3, 0.4) is 0 Å². The molecule has 0 bridgehead atoms. The van der Waals surface area contributed by atoms with E-state index in [4.69, 9.17) is 0 Å². The second kappa shape index (κ2) is 4.58. The van der Waals surface area contributed by atoms with Crippen molar-refractivity contribution in [3.63, 3.8) is 0 Å². The van der Waals surface area contributed by atoms with Gasteiger partial charge in [-0.2, -0.15) is 0 Å². The van der Waals surface area contributed by atoms with E-state index in [9.17, 15) is 4.79 Å². The Morgan fingerprint density at radius 2 is 2.33 bits per heavy atom. The van der Waals surface area contributed by atoms with Crippen LogP contribution in [-0.4, -0.2) is 18.1 Å². The van der Waals surface area contributed by atoms with Crippen LogP contribution in [0.25, 0.3) is 0 Å². The van der Waals surface area contributed by atoms with Crippen LogP contribution in [0.15, 0.2) is 22.7 Å². The first-order chi connectivity index (χ1) is 7.22. The summed E-state index contributed by atoms with van der Waals surface area (Å²) >= 11 is 5.05. The molecule has 15 heavy (non-hydrogen) atoms. The van der Waals surface area contributed by atoms with Gasteiger partial charge in [-0.3, -0.25) is 4.79 Å². The van der Waals surface area contributed by atoms with Crippen LogP contribution in [0.4, 0.5) is 5.69 Å². The minimum absolute atomic E-state index is 0.231. The van der Waals surface area contributed by atoms with Crippen molar-refractivity contribution in [2.45, 2.75) is 13.3 Å². The predicted octanol–water partition coefficient (Wildman–Crippen LogP) is 3.51. The lowest BCUT2D eigenvalue weighted by atomic mass is 10.1. The number of halogens is 1. The van der Waals surface area contributed by atoms with Gasteiger partial charge in [-0.1, -0.05) is 22.9 Å². The molecule has 0 spiro atoms. The summed E-state index contributed by atoms with van der Waals surface area (Å²) in [6, 6.07) is 5.86. The summed E-state index contributed by atoms with van der Waals surface area (Å²) in [4.78, 5) is 11.7. The smallest absolute Gasteiger partial charge is 0.176 e. The Balaban J connectivity index is 2.42. The number of hydrogen-bond donors (Lipinski definition) is 0. The zero-order valence-electron chi connectivity index (χ0n) is 8.50. The van der Waals surface area contributed by atoms with Gasteiger partial charge in [-0.05, 0) is 36.6 Å². The molecule has 0 atom stereocenters. The van der Waals surface area contributed by atoms with Gasteiger partial charge in [0.1, 0.15) is 0 Å². The topological polar surface area (TPSA) is 20.3 Å². The summed E-state index contributed by atoms with van der Waals surface area (Å²) in [6.07, 6.45) is 1.09. The highest BCUT2D eigenvalue weighted by Gasteiger charge is 2.23. The molecule has 0 amide bonds. The summed E-state index contributed by atoms with van der Waals surface area (Å²) in [5, 5.41) is 0. The Bertz CT molecular complexity index is 394. The van der Waals surface area contributed by atoms with Crippen LogP contribution in [0.5, 0.6) is 0 Å². The first-order valence-electron chi connectivity index (χ1n) is 4.95. The molecule has 2 rings (SSSR count). The lowest BCUT2D eigenvalue weighted by Crippen LogP contribution is -2.25. The Morgan fingerprint density at radius 1 is 1.53 bits per heavy atom. The fourth-order valence-corrected chi connectivity index (χ4v) is 3.00. The maximum absolute atomic E-state index is 11.7. The number of benzene rings is 1. The number of Topliss-reactive ketones (excluding diaryl/α,β-unsaturated/α-hetero) is 1. The second-order valence-corrected chi connectivity index (χ2v) is 5.36. The van der Waals surface area contributed by atoms with Gasteiger partial charge in [0.15, 0.2) is 5.78 Å². The summed E-state index contributed by atoms with van der Waals surface area (Å²) < 4.78 is 3.24. The average molecular weight is 286 g/mol. The monoisotopic (exact) mass is 285 g/mol. The fourth-order valence-electron chi connectivity index (χ4n) is 1.62. The molecule has 0 aliphatic carbocycles. The molecule has 0 N–H and O–H groups in total. The lowest BCUT2D eigenvalue weighted by Gasteiger charge is -2.28. The summed E-state index contributed by atoms with van der Waals surface area (Å²) in [5.74, 6) is 0.795. The molecule has 0 saturated heterocycles. The van der Waals surface area contributed by atoms with E-state index in [1.807, 2.05) is 18.2 Å². The molecule has 4 heteroatoms. The van der Waals surface area contributed by atoms with E-state index >= 15 is 0 Å². The molecule has 0 fully saturated rings. The van der Waals surface area contributed by atoms with Crippen LogP contribution in [0.1, 0.15) is 23.7 Å². The number of hydrogen-bond acceptors (Lipinski definition) is 3. The number of ketones is 1. The highest BCUT2D eigenvalue weighted by Crippen LogP contribution is 2.34. The fraction of sp³-hybridized carbons (Fsp3) is 0.364. The highest BCUT2D eigenvalue weighted by molar-refractivity contribution is 9.10. The number of rotatable bonds is 2. The third-order valence-electron chi connectivity index (χ3n) is 2.31. The van der Waals surface area contributed by atoms with Crippen molar-refractivity contribution in [1.82, 2.24) is 0 Å². The van der Waals surface area contributed by atoms with Crippen molar-refractivity contribution >= 4 is 39.3 Å². The molecule has 1 aromatic rings. The molecular formula is C11H12BrNOS. The zero-order chi connectivity index (χ0) is 10.8. The van der Waals surface area contributed by atoms with Crippen molar-refractivity contribution in [3.8, 4) is 0 Å². The van der Waals surface area contributed by atoms with Gasteiger partial charge in [0.25, 0.3) is 0 Å². The van der Waals surface area contributed by atoms with Crippen LogP contribution >= 0.6 is 27.9 Å². The van der Waals surface area contributed by atoms with Gasteiger partial charge in [0.05, 0.1) is 11.4 Å². The third kappa shape index (κ3) is 2.21. The lowest BCUT2D eigenvalue weighted by molar-refractivity contribution is 0.102. The molecule has 1 aliphatic heterocycles. The molecule has 1 aromatic carbocycles. The van der Waals surface area contributed by atoms with E-state index in [1.54, 1.807) is 11.9 Å². The van der Waals surface area contributed by atoms with E-state index < -0.39 is 0 Å². The molecule has 2 nitrogen and oxygen atoms in total. The predicted molar refractivity (Wildman–Crippen MR) is 68.6 cm³/mol. The number of carbonyl (C=O) groups excluding carboxylic acids is 1. The maximum atomic E-state index is 11.7. The molecule has 0 unspecified atom stereocenters. The zero-order valence-corrected chi connectivity index (χ0v) is 10.9. The van der Waals surface area contributed by atoms with Crippen molar-refractivity contribution in [2.24, 2.45) is 0 Å². The van der Waals surface area contributed by atoms with E-state index in [1.165, 1.54) is 0 Å². The quantitative estimate of drug-likeness (QED) is 0.776. The minimum atomic E-state index is 0.231. The number of nitrogens with zero attached hydrogens (tertiary/aromatic N) is 1. The minimum Gasteiger partial charge on any atom is -0.315 e. The normalized spacial score (nSPS) is 15.3. The Kier molecular flexibility index (Phi) is 3.36. The maximum Gasteiger partial charge on any atom is 0.176 e. The first-order valence-corrected chi connectivity index (χ1v) is 6.69. The van der Waals surface area contributed by atoms with Crippen LogP contribution in [-0.2, 0) is 0 Å². The molecule has 1 aliphatic rings. The molecule has 0 aromatic heterocycles. The van der Waals surface area contributed by atoms with Gasteiger partial charge in [0.2, 0.25) is 0 Å². The van der Waals surface area contributed by atoms with Gasteiger partial charge < -0.3 is 4.31 Å². The van der Waals surface area contributed by atoms with Crippen LogP contribution in [0.2, 0.25) is 0 Å². The van der Waals surface area contributed by atoms with Crippen LogP contribution < -0.4 is 4.31 Å². The van der Waals surface area contributed by atoms with Crippen molar-refractivity contribution in [3.05, 3.63) is 28.2 Å². The Morgan fingerprint density at radius 3 is 3.07 bits per heavy atom. The SMILES string of the molecule is CCCN1SCC(=O)c2ccc(Br)cc21. The van der Waals surface area contributed by atoms with Gasteiger partial charge in [0, 0.05) is 16.6 Å². The summed E-state index contributed by atoms with van der Waals surface area (Å²) in [7, 11) is 0. The molecule has 0 saturated carbocycles. The molecule has 80 valence electrons. The number of anilines is 1. The van der Waals surface area contributed by atoms with E-state index in [0.29, 0.717) is 5.75 Å². The van der Waals surface area contributed by atoms with E-state index in [0.717, 1.165) is 28.7 Å². The van der Waals surface area contributed by atoms with Gasteiger partial charge >= 0.3 is 0 Å².